The van der Waals surface area contributed by atoms with Crippen LogP contribution in [0.5, 0.6) is 0 Å². The molecule has 0 unspecified atom stereocenters. The number of thiazole rings is 1. The molecule has 1 aliphatic heterocycles. The van der Waals surface area contributed by atoms with Gasteiger partial charge in [0.15, 0.2) is 10.8 Å². The van der Waals surface area contributed by atoms with Crippen LogP contribution in [0.3, 0.4) is 0 Å². The molecule has 1 fully saturated rings. The van der Waals surface area contributed by atoms with E-state index in [1.165, 1.54) is 15.6 Å². The van der Waals surface area contributed by atoms with Crippen molar-refractivity contribution in [2.45, 2.75) is 50.8 Å². The quantitative estimate of drug-likeness (QED) is 0.832. The molecule has 2 aromatic rings. The zero-order valence-electron chi connectivity index (χ0n) is 14.6. The second kappa shape index (κ2) is 6.43. The van der Waals surface area contributed by atoms with Crippen molar-refractivity contribution in [1.82, 2.24) is 14.4 Å². The Morgan fingerprint density at radius 3 is 2.88 bits per heavy atom. The third-order valence-electron chi connectivity index (χ3n) is 4.61. The summed E-state index contributed by atoms with van der Waals surface area (Å²) in [4.78, 5) is 17.6. The summed E-state index contributed by atoms with van der Waals surface area (Å²) >= 11 is 1.31. The molecule has 0 bridgehead atoms. The first kappa shape index (κ1) is 17.6. The molecule has 0 spiro atoms. The molecule has 10 heteroatoms. The van der Waals surface area contributed by atoms with Crippen LogP contribution in [0.25, 0.3) is 0 Å². The van der Waals surface area contributed by atoms with Gasteiger partial charge in [0.25, 0.3) is 5.91 Å². The lowest BCUT2D eigenvalue weighted by molar-refractivity contribution is 0.101. The summed E-state index contributed by atoms with van der Waals surface area (Å²) in [6.07, 6.45) is 2.69. The van der Waals surface area contributed by atoms with Gasteiger partial charge in [0.2, 0.25) is 10.0 Å². The fourth-order valence-electron chi connectivity index (χ4n) is 2.86. The Bertz CT molecular complexity index is 943. The Kier molecular flexibility index (Phi) is 4.36. The molecule has 2 aliphatic rings. The highest BCUT2D eigenvalue weighted by molar-refractivity contribution is 7.89. The maximum Gasteiger partial charge on any atom is 0.279 e. The molecule has 8 nitrogen and oxygen atoms in total. The lowest BCUT2D eigenvalue weighted by atomic mass is 10.2. The van der Waals surface area contributed by atoms with Crippen LogP contribution in [0.15, 0.2) is 10.6 Å². The van der Waals surface area contributed by atoms with Gasteiger partial charge in [0.05, 0.1) is 10.9 Å². The van der Waals surface area contributed by atoms with E-state index in [4.69, 9.17) is 4.52 Å². The van der Waals surface area contributed by atoms with E-state index in [2.05, 4.69) is 15.5 Å². The summed E-state index contributed by atoms with van der Waals surface area (Å²) in [5.41, 5.74) is 1.09. The van der Waals surface area contributed by atoms with Crippen LogP contribution in [-0.2, 0) is 23.0 Å². The number of hydrogen-bond donors (Lipinski definition) is 1. The number of aromatic nitrogens is 2. The second-order valence-electron chi connectivity index (χ2n) is 6.91. The fraction of sp³-hybridized carbons (Fsp3) is 0.562. The number of sulfonamides is 1. The average molecular weight is 396 g/mol. The molecule has 0 saturated heterocycles. The second-order valence-corrected chi connectivity index (χ2v) is 10.5. The smallest absolute Gasteiger partial charge is 0.279 e. The molecule has 1 aliphatic carbocycles. The molecule has 26 heavy (non-hydrogen) atoms. The maximum atomic E-state index is 12.3. The Morgan fingerprint density at radius 1 is 1.42 bits per heavy atom. The van der Waals surface area contributed by atoms with Crippen molar-refractivity contribution < 1.29 is 17.7 Å². The van der Waals surface area contributed by atoms with Crippen molar-refractivity contribution in [3.05, 3.63) is 28.1 Å². The van der Waals surface area contributed by atoms with Gasteiger partial charge in [0, 0.05) is 36.4 Å². The van der Waals surface area contributed by atoms with Gasteiger partial charge in [0.1, 0.15) is 5.76 Å². The summed E-state index contributed by atoms with van der Waals surface area (Å²) in [5.74, 6) is 0.784. The molecule has 0 atom stereocenters. The minimum absolute atomic E-state index is 0.240. The molecule has 3 heterocycles. The number of carbonyl (C=O) groups is 1. The van der Waals surface area contributed by atoms with E-state index in [1.807, 2.05) is 0 Å². The van der Waals surface area contributed by atoms with Gasteiger partial charge in [-0.2, -0.15) is 4.31 Å². The van der Waals surface area contributed by atoms with E-state index >= 15 is 0 Å². The topological polar surface area (TPSA) is 105 Å². The predicted molar refractivity (Wildman–Crippen MR) is 96.7 cm³/mol. The van der Waals surface area contributed by atoms with Crippen molar-refractivity contribution in [2.75, 3.05) is 11.9 Å². The van der Waals surface area contributed by atoms with Gasteiger partial charge in [-0.05, 0) is 26.7 Å². The van der Waals surface area contributed by atoms with Crippen molar-refractivity contribution in [2.24, 2.45) is 0 Å². The van der Waals surface area contributed by atoms with E-state index in [0.717, 1.165) is 29.2 Å². The minimum Gasteiger partial charge on any atom is -0.360 e. The minimum atomic E-state index is -3.30. The number of nitrogens with zero attached hydrogens (tertiary/aromatic N) is 3. The number of nitrogens with one attached hydrogen (secondary N) is 1. The largest absolute Gasteiger partial charge is 0.360 e. The number of hydrogen-bond acceptors (Lipinski definition) is 7. The molecule has 4 rings (SSSR count). The van der Waals surface area contributed by atoms with Gasteiger partial charge in [-0.25, -0.2) is 13.4 Å². The third-order valence-corrected chi connectivity index (χ3v) is 7.83. The van der Waals surface area contributed by atoms with Crippen molar-refractivity contribution >= 4 is 32.4 Å². The highest BCUT2D eigenvalue weighted by Gasteiger charge is 2.32. The van der Waals surface area contributed by atoms with Gasteiger partial charge >= 0.3 is 0 Å². The summed E-state index contributed by atoms with van der Waals surface area (Å²) in [7, 11) is -3.30. The highest BCUT2D eigenvalue weighted by Crippen LogP contribution is 2.40. The van der Waals surface area contributed by atoms with E-state index in [-0.39, 0.29) is 11.6 Å². The first-order chi connectivity index (χ1) is 12.3. The zero-order valence-corrected chi connectivity index (χ0v) is 16.2. The van der Waals surface area contributed by atoms with Crippen LogP contribution in [0, 0.1) is 0 Å². The first-order valence-corrected chi connectivity index (χ1v) is 10.9. The third kappa shape index (κ3) is 3.28. The van der Waals surface area contributed by atoms with Gasteiger partial charge < -0.3 is 4.52 Å². The van der Waals surface area contributed by atoms with E-state index in [1.54, 1.807) is 19.9 Å². The number of amides is 1. The summed E-state index contributed by atoms with van der Waals surface area (Å²) in [6.45, 7) is 4.08. The summed E-state index contributed by atoms with van der Waals surface area (Å²) in [6, 6.07) is 1.68. The normalized spacial score (nSPS) is 18.1. The number of carbonyl (C=O) groups excluding carboxylic acids is 1. The predicted octanol–water partition coefficient (Wildman–Crippen LogP) is 2.36. The zero-order chi connectivity index (χ0) is 18.5. The average Bonchev–Trinajstić information content (AvgIpc) is 3.18. The summed E-state index contributed by atoms with van der Waals surface area (Å²) in [5, 5.41) is 6.57. The summed E-state index contributed by atoms with van der Waals surface area (Å²) < 4.78 is 31.4. The van der Waals surface area contributed by atoms with Crippen LogP contribution >= 0.6 is 11.3 Å². The Labute approximate surface area is 155 Å². The van der Waals surface area contributed by atoms with Gasteiger partial charge in [-0.3, -0.25) is 10.1 Å². The lowest BCUT2D eigenvalue weighted by Gasteiger charge is -2.26. The van der Waals surface area contributed by atoms with E-state index < -0.39 is 15.3 Å². The van der Waals surface area contributed by atoms with Crippen LogP contribution in [0.4, 0.5) is 5.13 Å². The van der Waals surface area contributed by atoms with Crippen LogP contribution in [0.1, 0.15) is 59.4 Å². The number of fused-ring (bicyclic) bond motifs is 1. The monoisotopic (exact) mass is 396 g/mol. The number of anilines is 1. The molecule has 2 aromatic heterocycles. The van der Waals surface area contributed by atoms with Crippen molar-refractivity contribution in [3.8, 4) is 0 Å². The number of rotatable bonds is 5. The molecule has 0 radical (unpaired) electrons. The van der Waals surface area contributed by atoms with Crippen molar-refractivity contribution in [1.29, 1.82) is 0 Å². The molecule has 0 aromatic carbocycles. The standard InChI is InChI=1S/C16H20N4O4S2/c1-9(2)26(22,23)20-6-5-11-14(8-20)25-16(17-11)18-15(21)12-7-13(24-19-12)10-3-4-10/h7,9-10H,3-6,8H2,1-2H3,(H,17,18,21). The molecule has 1 saturated carbocycles. The molecule has 1 N–H and O–H groups in total. The van der Waals surface area contributed by atoms with Gasteiger partial charge in [-0.1, -0.05) is 5.16 Å². The van der Waals surface area contributed by atoms with Crippen molar-refractivity contribution in [3.63, 3.8) is 0 Å². The highest BCUT2D eigenvalue weighted by atomic mass is 32.2. The lowest BCUT2D eigenvalue weighted by Crippen LogP contribution is -2.39. The van der Waals surface area contributed by atoms with Crippen LogP contribution in [-0.4, -0.2) is 40.6 Å². The van der Waals surface area contributed by atoms with Crippen LogP contribution < -0.4 is 5.32 Å². The Morgan fingerprint density at radius 2 is 2.19 bits per heavy atom. The SMILES string of the molecule is CC(C)S(=O)(=O)N1CCc2nc(NC(=O)c3cc(C4CC4)on3)sc2C1. The molecular formula is C16H20N4O4S2. The molecule has 1 amide bonds. The maximum absolute atomic E-state index is 12.3. The van der Waals surface area contributed by atoms with Crippen LogP contribution in [0.2, 0.25) is 0 Å². The van der Waals surface area contributed by atoms with Gasteiger partial charge in [-0.15, -0.1) is 11.3 Å². The Balaban J connectivity index is 1.46. The van der Waals surface area contributed by atoms with E-state index in [9.17, 15) is 13.2 Å². The first-order valence-electron chi connectivity index (χ1n) is 8.60. The fourth-order valence-corrected chi connectivity index (χ4v) is 5.21. The Hall–Kier alpha value is -1.78. The molecular weight excluding hydrogens is 376 g/mol. The van der Waals surface area contributed by atoms with E-state index in [0.29, 0.717) is 30.6 Å². The molecule has 140 valence electrons.